The zero-order valence-electron chi connectivity index (χ0n) is 13.8. The van der Waals surface area contributed by atoms with Crippen molar-refractivity contribution in [2.45, 2.75) is 32.8 Å². The van der Waals surface area contributed by atoms with Gasteiger partial charge in [-0.15, -0.1) is 0 Å². The number of benzene rings is 1. The van der Waals surface area contributed by atoms with Gasteiger partial charge in [0.05, 0.1) is 6.20 Å². The van der Waals surface area contributed by atoms with E-state index in [1.54, 1.807) is 6.20 Å². The summed E-state index contributed by atoms with van der Waals surface area (Å²) in [7, 11) is 0. The molecule has 0 spiro atoms. The molecule has 0 unspecified atom stereocenters. The van der Waals surface area contributed by atoms with Crippen LogP contribution < -0.4 is 10.6 Å². The number of oxazole rings is 1. The molecule has 0 atom stereocenters. The van der Waals surface area contributed by atoms with Crippen molar-refractivity contribution >= 4 is 11.8 Å². The minimum atomic E-state index is -0.465. The highest BCUT2D eigenvalue weighted by molar-refractivity contribution is 5.67. The molecule has 0 aliphatic carbocycles. The Balaban J connectivity index is 1.66. The highest BCUT2D eigenvalue weighted by atomic mass is 16.6. The minimum absolute atomic E-state index is 0.381. The van der Waals surface area contributed by atoms with E-state index in [2.05, 4.69) is 15.6 Å². The second-order valence-electron chi connectivity index (χ2n) is 6.15. The second kappa shape index (κ2) is 7.67. The molecule has 0 saturated heterocycles. The Bertz CT molecular complexity index is 601. The van der Waals surface area contributed by atoms with Gasteiger partial charge < -0.3 is 19.8 Å². The van der Waals surface area contributed by atoms with Crippen LogP contribution in [0.15, 0.2) is 41.3 Å². The van der Waals surface area contributed by atoms with Crippen molar-refractivity contribution < 1.29 is 13.9 Å². The second-order valence-corrected chi connectivity index (χ2v) is 6.15. The lowest BCUT2D eigenvalue weighted by Gasteiger charge is -2.19. The molecule has 124 valence electrons. The minimum Gasteiger partial charge on any atom is -0.444 e. The molecular formula is C17H23N3O3. The Labute approximate surface area is 136 Å². The molecular weight excluding hydrogens is 294 g/mol. The van der Waals surface area contributed by atoms with Crippen molar-refractivity contribution in [3.63, 3.8) is 0 Å². The Morgan fingerprint density at radius 3 is 2.57 bits per heavy atom. The van der Waals surface area contributed by atoms with E-state index in [-0.39, 0.29) is 6.09 Å². The maximum atomic E-state index is 11.5. The first-order valence-corrected chi connectivity index (χ1v) is 7.64. The average molecular weight is 317 g/mol. The fraction of sp³-hybridized carbons (Fsp3) is 0.412. The summed E-state index contributed by atoms with van der Waals surface area (Å²) < 4.78 is 10.4. The van der Waals surface area contributed by atoms with Crippen LogP contribution in [0.1, 0.15) is 27.2 Å². The van der Waals surface area contributed by atoms with Gasteiger partial charge in [-0.25, -0.2) is 9.78 Å². The predicted molar refractivity (Wildman–Crippen MR) is 89.3 cm³/mol. The van der Waals surface area contributed by atoms with Crippen molar-refractivity contribution in [1.29, 1.82) is 0 Å². The van der Waals surface area contributed by atoms with Crippen LogP contribution in [0.5, 0.6) is 0 Å². The largest absolute Gasteiger partial charge is 0.444 e. The summed E-state index contributed by atoms with van der Waals surface area (Å²) in [5.41, 5.74) is 1.54. The van der Waals surface area contributed by atoms with Gasteiger partial charge in [-0.3, -0.25) is 0 Å². The maximum absolute atomic E-state index is 11.5. The lowest BCUT2D eigenvalue weighted by molar-refractivity contribution is 0.0528. The molecule has 0 aliphatic heterocycles. The van der Waals surface area contributed by atoms with Gasteiger partial charge in [0.15, 0.2) is 12.2 Å². The summed E-state index contributed by atoms with van der Waals surface area (Å²) in [6.07, 6.45) is 3.53. The van der Waals surface area contributed by atoms with Crippen LogP contribution >= 0.6 is 0 Å². The first kappa shape index (κ1) is 16.9. The van der Waals surface area contributed by atoms with Gasteiger partial charge in [-0.2, -0.15) is 0 Å². The Hall–Kier alpha value is -2.50. The van der Waals surface area contributed by atoms with E-state index in [9.17, 15) is 4.79 Å². The van der Waals surface area contributed by atoms with E-state index in [4.69, 9.17) is 9.15 Å². The van der Waals surface area contributed by atoms with Gasteiger partial charge in [0, 0.05) is 24.3 Å². The van der Waals surface area contributed by atoms with Crippen molar-refractivity contribution in [2.24, 2.45) is 0 Å². The van der Waals surface area contributed by atoms with E-state index in [0.29, 0.717) is 6.54 Å². The summed E-state index contributed by atoms with van der Waals surface area (Å²) in [6, 6.07) is 7.92. The maximum Gasteiger partial charge on any atom is 0.407 e. The SMILES string of the molecule is CC(C)(C)OC(=O)NCCCNc1ccc(-c2cnco2)cc1. The molecule has 1 aromatic carbocycles. The number of aromatic nitrogens is 1. The molecule has 2 N–H and O–H groups in total. The van der Waals surface area contributed by atoms with Gasteiger partial charge in [-0.05, 0) is 51.5 Å². The normalized spacial score (nSPS) is 11.1. The quantitative estimate of drug-likeness (QED) is 0.795. The molecule has 0 aliphatic rings. The highest BCUT2D eigenvalue weighted by Crippen LogP contribution is 2.20. The number of hydrogen-bond acceptors (Lipinski definition) is 5. The third kappa shape index (κ3) is 6.02. The lowest BCUT2D eigenvalue weighted by Crippen LogP contribution is -2.33. The summed E-state index contributed by atoms with van der Waals surface area (Å²) in [5, 5.41) is 6.03. The molecule has 1 aromatic heterocycles. The third-order valence-corrected chi connectivity index (χ3v) is 2.95. The Kier molecular flexibility index (Phi) is 5.62. The van der Waals surface area contributed by atoms with Gasteiger partial charge in [0.25, 0.3) is 0 Å². The van der Waals surface area contributed by atoms with Crippen LogP contribution in [-0.4, -0.2) is 29.8 Å². The molecule has 6 nitrogen and oxygen atoms in total. The van der Waals surface area contributed by atoms with Crippen molar-refractivity contribution in [2.75, 3.05) is 18.4 Å². The van der Waals surface area contributed by atoms with Gasteiger partial charge in [0.1, 0.15) is 5.60 Å². The van der Waals surface area contributed by atoms with Crippen LogP contribution in [0, 0.1) is 0 Å². The highest BCUT2D eigenvalue weighted by Gasteiger charge is 2.15. The number of carbonyl (C=O) groups excluding carboxylic acids is 1. The number of amides is 1. The Morgan fingerprint density at radius 2 is 1.96 bits per heavy atom. The lowest BCUT2D eigenvalue weighted by atomic mass is 10.1. The number of nitrogens with one attached hydrogen (secondary N) is 2. The van der Waals surface area contributed by atoms with E-state index in [0.717, 1.165) is 30.0 Å². The fourth-order valence-electron chi connectivity index (χ4n) is 1.94. The number of alkyl carbamates (subject to hydrolysis) is 1. The number of anilines is 1. The smallest absolute Gasteiger partial charge is 0.407 e. The molecule has 23 heavy (non-hydrogen) atoms. The number of nitrogens with zero attached hydrogens (tertiary/aromatic N) is 1. The number of rotatable bonds is 6. The van der Waals surface area contributed by atoms with Crippen molar-refractivity contribution in [3.05, 3.63) is 36.9 Å². The van der Waals surface area contributed by atoms with E-state index in [1.165, 1.54) is 6.39 Å². The van der Waals surface area contributed by atoms with Crippen LogP contribution in [-0.2, 0) is 4.74 Å². The standard InChI is InChI=1S/C17H23N3O3/c1-17(2,3)23-16(21)20-10-4-9-19-14-7-5-13(6-8-14)15-11-18-12-22-15/h5-8,11-12,19H,4,9-10H2,1-3H3,(H,20,21). The molecule has 0 fully saturated rings. The zero-order chi connectivity index (χ0) is 16.7. The van der Waals surface area contributed by atoms with Gasteiger partial charge >= 0.3 is 6.09 Å². The first-order chi connectivity index (χ1) is 10.9. The van der Waals surface area contributed by atoms with Crippen LogP contribution in [0.2, 0.25) is 0 Å². The number of carbonyl (C=O) groups is 1. The van der Waals surface area contributed by atoms with Crippen LogP contribution in [0.4, 0.5) is 10.5 Å². The third-order valence-electron chi connectivity index (χ3n) is 2.95. The first-order valence-electron chi connectivity index (χ1n) is 7.64. The monoisotopic (exact) mass is 317 g/mol. The predicted octanol–water partition coefficient (Wildman–Crippen LogP) is 3.67. The van der Waals surface area contributed by atoms with Gasteiger partial charge in [0.2, 0.25) is 0 Å². The molecule has 1 amide bonds. The number of ether oxygens (including phenoxy) is 1. The average Bonchev–Trinajstić information content (AvgIpc) is 3.00. The summed E-state index contributed by atoms with van der Waals surface area (Å²) in [5.74, 6) is 0.748. The summed E-state index contributed by atoms with van der Waals surface area (Å²) in [4.78, 5) is 15.4. The fourth-order valence-corrected chi connectivity index (χ4v) is 1.94. The molecule has 1 heterocycles. The summed E-state index contributed by atoms with van der Waals surface area (Å²) in [6.45, 7) is 6.86. The number of hydrogen-bond donors (Lipinski definition) is 2. The van der Waals surface area contributed by atoms with E-state index in [1.807, 2.05) is 45.0 Å². The van der Waals surface area contributed by atoms with E-state index < -0.39 is 5.60 Å². The van der Waals surface area contributed by atoms with E-state index >= 15 is 0 Å². The Morgan fingerprint density at radius 1 is 1.22 bits per heavy atom. The molecule has 0 bridgehead atoms. The van der Waals surface area contributed by atoms with Crippen LogP contribution in [0.25, 0.3) is 11.3 Å². The molecule has 2 rings (SSSR count). The zero-order valence-corrected chi connectivity index (χ0v) is 13.8. The van der Waals surface area contributed by atoms with Gasteiger partial charge in [-0.1, -0.05) is 0 Å². The molecule has 0 saturated carbocycles. The summed E-state index contributed by atoms with van der Waals surface area (Å²) >= 11 is 0. The van der Waals surface area contributed by atoms with Crippen molar-refractivity contribution in [1.82, 2.24) is 10.3 Å². The van der Waals surface area contributed by atoms with Crippen LogP contribution in [0.3, 0.4) is 0 Å². The van der Waals surface area contributed by atoms with Crippen molar-refractivity contribution in [3.8, 4) is 11.3 Å². The topological polar surface area (TPSA) is 76.4 Å². The molecule has 0 radical (unpaired) electrons. The molecule has 2 aromatic rings. The molecule has 6 heteroatoms.